The van der Waals surface area contributed by atoms with Gasteiger partial charge in [0, 0.05) is 15.4 Å². The zero-order valence-corrected chi connectivity index (χ0v) is 21.6. The van der Waals surface area contributed by atoms with E-state index in [0.717, 1.165) is 15.9 Å². The summed E-state index contributed by atoms with van der Waals surface area (Å²) in [6, 6.07) is 17.0. The molecule has 2 aliphatic rings. The first-order valence-electron chi connectivity index (χ1n) is 9.34. The Bertz CT molecular complexity index is 741. The van der Waals surface area contributed by atoms with E-state index in [1.54, 1.807) is 0 Å². The number of hydrogen-bond donors (Lipinski definition) is 0. The molecular weight excluding hydrogens is 478 g/mol. The molecule has 146 valence electrons. The van der Waals surface area contributed by atoms with Gasteiger partial charge in [0.2, 0.25) is 0 Å². The Kier molecular flexibility index (Phi) is 14.1. The number of allylic oxidation sites excluding steroid dienone is 2. The van der Waals surface area contributed by atoms with Gasteiger partial charge in [-0.05, 0) is 16.7 Å². The standard InChI is InChI=1S/C12H13.C10H9.C2H6Si.2ClH.Zr/c1-2-5-10-8-9-11-6-3-4-7-12(10)11;1-8-6-7-9-4-2-3-5-10(8)9;1-3-2;;;/h3-4,6-10H,1-2,5H2;2-8H,1H2;1-2H3;2*1H;/q2*-1;;;;+4/p-2. The van der Waals surface area contributed by atoms with Crippen molar-refractivity contribution in [2.75, 3.05) is 0 Å². The molecule has 0 amide bonds. The predicted octanol–water partition coefficient (Wildman–Crippen LogP) is 8.21. The van der Waals surface area contributed by atoms with Crippen molar-refractivity contribution in [3.05, 3.63) is 96.8 Å². The fourth-order valence-electron chi connectivity index (χ4n) is 3.12. The van der Waals surface area contributed by atoms with Gasteiger partial charge >= 0.3 is 37.9 Å². The first-order chi connectivity index (χ1) is 13.6. The summed E-state index contributed by atoms with van der Waals surface area (Å²) in [7, 11) is 11.0. The van der Waals surface area contributed by atoms with Gasteiger partial charge < -0.3 is 13.8 Å². The molecule has 0 bridgehead atoms. The molecule has 0 saturated heterocycles. The summed E-state index contributed by atoms with van der Waals surface area (Å²) in [5.41, 5.74) is 5.53. The maximum absolute atomic E-state index is 4.93. The molecule has 0 aromatic heterocycles. The van der Waals surface area contributed by atoms with Crippen LogP contribution >= 0.6 is 17.0 Å². The van der Waals surface area contributed by atoms with Crippen molar-refractivity contribution in [3.63, 3.8) is 0 Å². The zero-order chi connectivity index (χ0) is 20.8. The van der Waals surface area contributed by atoms with Crippen molar-refractivity contribution in [1.82, 2.24) is 0 Å². The van der Waals surface area contributed by atoms with Gasteiger partial charge in [-0.3, -0.25) is 0 Å². The maximum atomic E-state index is 4.93. The summed E-state index contributed by atoms with van der Waals surface area (Å²) in [5.74, 6) is 0.995. The van der Waals surface area contributed by atoms with E-state index >= 15 is 0 Å². The number of rotatable bonds is 2. The van der Waals surface area contributed by atoms with Crippen molar-refractivity contribution >= 4 is 38.7 Å². The van der Waals surface area contributed by atoms with Crippen molar-refractivity contribution in [2.45, 2.75) is 37.8 Å². The molecule has 2 aromatic rings. The molecule has 4 heteroatoms. The van der Waals surface area contributed by atoms with Crippen molar-refractivity contribution in [1.29, 1.82) is 0 Å². The van der Waals surface area contributed by atoms with Crippen LogP contribution in [0.5, 0.6) is 0 Å². The summed E-state index contributed by atoms with van der Waals surface area (Å²) >= 11 is -0.826. The number of halogens is 2. The van der Waals surface area contributed by atoms with Gasteiger partial charge in [0.1, 0.15) is 0 Å². The van der Waals surface area contributed by atoms with Crippen molar-refractivity contribution < 1.29 is 20.8 Å². The molecule has 4 rings (SSSR count). The Balaban J connectivity index is 0.000000222. The minimum atomic E-state index is -0.826. The quantitative estimate of drug-likeness (QED) is 0.284. The molecule has 28 heavy (non-hydrogen) atoms. The molecule has 0 aliphatic heterocycles. The molecule has 0 fully saturated rings. The second-order valence-electron chi connectivity index (χ2n) is 6.40. The molecule has 0 spiro atoms. The summed E-state index contributed by atoms with van der Waals surface area (Å²) in [5, 5.41) is 0. The zero-order valence-electron chi connectivity index (χ0n) is 16.7. The average Bonchev–Trinajstić information content (AvgIpc) is 3.29. The van der Waals surface area contributed by atoms with E-state index < -0.39 is 20.8 Å². The van der Waals surface area contributed by atoms with Crippen LogP contribution in [0.4, 0.5) is 0 Å². The number of benzene rings is 2. The first-order valence-corrected chi connectivity index (χ1v) is 17.7. The summed E-state index contributed by atoms with van der Waals surface area (Å²) in [6.45, 7) is 12.2. The van der Waals surface area contributed by atoms with Gasteiger partial charge in [-0.2, -0.15) is 6.42 Å². The van der Waals surface area contributed by atoms with E-state index in [1.807, 2.05) is 0 Å². The molecule has 0 saturated carbocycles. The molecule has 2 radical (unpaired) electrons. The van der Waals surface area contributed by atoms with E-state index in [4.69, 9.17) is 17.0 Å². The molecule has 2 aromatic carbocycles. The number of fused-ring (bicyclic) bond motifs is 2. The van der Waals surface area contributed by atoms with Crippen LogP contribution in [-0.4, -0.2) is 9.52 Å². The average molecular weight is 507 g/mol. The van der Waals surface area contributed by atoms with Crippen LogP contribution in [0.2, 0.25) is 13.1 Å². The molecule has 2 unspecified atom stereocenters. The SMILES string of the molecule is C[Si]C.[CH2-]C1C=Cc2ccccc21.[CH2-]CCC1C=Cc2ccccc21.[Cl][Zr+2][Cl]. The second-order valence-corrected chi connectivity index (χ2v) is 11.1. The fraction of sp³-hybridized carbons (Fsp3) is 0.250. The number of hydrogen-bond acceptors (Lipinski definition) is 0. The van der Waals surface area contributed by atoms with Gasteiger partial charge in [0.25, 0.3) is 0 Å². The molecule has 0 N–H and O–H groups in total. The monoisotopic (exact) mass is 504 g/mol. The Morgan fingerprint density at radius 1 is 0.893 bits per heavy atom. The van der Waals surface area contributed by atoms with Crippen molar-refractivity contribution in [2.24, 2.45) is 0 Å². The minimum absolute atomic E-state index is 0.371. The molecule has 0 nitrogen and oxygen atoms in total. The van der Waals surface area contributed by atoms with Gasteiger partial charge in [-0.1, -0.05) is 91.8 Å². The van der Waals surface area contributed by atoms with E-state index in [-0.39, 0.29) is 0 Å². The van der Waals surface area contributed by atoms with Crippen LogP contribution in [0.3, 0.4) is 0 Å². The first kappa shape index (κ1) is 25.6. The third-order valence-corrected chi connectivity index (χ3v) is 4.32. The Morgan fingerprint density at radius 2 is 1.36 bits per heavy atom. The third kappa shape index (κ3) is 8.54. The van der Waals surface area contributed by atoms with E-state index in [2.05, 4.69) is 99.8 Å². The van der Waals surface area contributed by atoms with Crippen LogP contribution in [-0.2, 0) is 20.8 Å². The van der Waals surface area contributed by atoms with Gasteiger partial charge in [-0.25, -0.2) is 0 Å². The summed E-state index contributed by atoms with van der Waals surface area (Å²) in [6.07, 6.45) is 11.0. The van der Waals surface area contributed by atoms with E-state index in [0.29, 0.717) is 11.8 Å². The molecule has 0 heterocycles. The third-order valence-electron chi connectivity index (χ3n) is 4.32. The van der Waals surface area contributed by atoms with Crippen molar-refractivity contribution in [3.8, 4) is 0 Å². The Morgan fingerprint density at radius 3 is 1.89 bits per heavy atom. The van der Waals surface area contributed by atoms with E-state index in [9.17, 15) is 0 Å². The van der Waals surface area contributed by atoms with Crippen LogP contribution in [0, 0.1) is 13.8 Å². The summed E-state index contributed by atoms with van der Waals surface area (Å²) < 4.78 is 0. The van der Waals surface area contributed by atoms with E-state index in [1.165, 1.54) is 28.7 Å². The predicted molar refractivity (Wildman–Crippen MR) is 126 cm³/mol. The van der Waals surface area contributed by atoms with Crippen LogP contribution < -0.4 is 0 Å². The fourth-order valence-corrected chi connectivity index (χ4v) is 3.12. The van der Waals surface area contributed by atoms with Gasteiger partial charge in [-0.15, -0.1) is 12.0 Å². The van der Waals surface area contributed by atoms with Crippen LogP contribution in [0.25, 0.3) is 12.2 Å². The molecule has 2 aliphatic carbocycles. The molecule has 2 atom stereocenters. The Hall–Kier alpha value is -0.400. The summed E-state index contributed by atoms with van der Waals surface area (Å²) in [4.78, 5) is 0. The normalized spacial score (nSPS) is 16.9. The van der Waals surface area contributed by atoms with Gasteiger partial charge in [0.05, 0.1) is 0 Å². The van der Waals surface area contributed by atoms with Gasteiger partial charge in [0.15, 0.2) is 0 Å². The van der Waals surface area contributed by atoms with Crippen LogP contribution in [0.1, 0.15) is 46.9 Å². The second kappa shape index (κ2) is 15.4. The van der Waals surface area contributed by atoms with Crippen LogP contribution in [0.15, 0.2) is 60.7 Å². The topological polar surface area (TPSA) is 0 Å². The molecular formula is C24H28Cl2SiZr. The Labute approximate surface area is 192 Å².